The lowest BCUT2D eigenvalue weighted by atomic mass is 9.79. The number of nitrogens with two attached hydrogens (primary N) is 1. The van der Waals surface area contributed by atoms with Crippen LogP contribution in [0.1, 0.15) is 11.1 Å². The first-order valence-electron chi connectivity index (χ1n) is 6.48. The van der Waals surface area contributed by atoms with Crippen molar-refractivity contribution in [3.05, 3.63) is 47.5 Å². The van der Waals surface area contributed by atoms with Gasteiger partial charge in [0.2, 0.25) is 0 Å². The zero-order valence-electron chi connectivity index (χ0n) is 11.0. The fraction of sp³-hybridized carbons (Fsp3) is 0.133. The molecule has 4 rings (SSSR count). The van der Waals surface area contributed by atoms with E-state index < -0.39 is 5.54 Å². The summed E-state index contributed by atoms with van der Waals surface area (Å²) in [7, 11) is 5.89. The van der Waals surface area contributed by atoms with Crippen LogP contribution in [0.2, 0.25) is 0 Å². The summed E-state index contributed by atoms with van der Waals surface area (Å²) in [5, 5.41) is 9.80. The van der Waals surface area contributed by atoms with Gasteiger partial charge < -0.3 is 20.3 Å². The maximum Gasteiger partial charge on any atom is 0.283 e. The summed E-state index contributed by atoms with van der Waals surface area (Å²) >= 11 is 0. The minimum atomic E-state index is -0.832. The van der Waals surface area contributed by atoms with E-state index in [2.05, 4.69) is 4.99 Å². The Morgan fingerprint density at radius 2 is 1.86 bits per heavy atom. The lowest BCUT2D eigenvalue weighted by Gasteiger charge is -2.33. The number of hydrogen-bond donors (Lipinski definition) is 2. The number of nitrogens with zero attached hydrogens (tertiary/aromatic N) is 1. The van der Waals surface area contributed by atoms with E-state index in [9.17, 15) is 5.11 Å². The molecule has 2 radical (unpaired) electrons. The van der Waals surface area contributed by atoms with Crippen molar-refractivity contribution >= 4 is 19.3 Å². The van der Waals surface area contributed by atoms with Crippen molar-refractivity contribution in [3.63, 3.8) is 0 Å². The molecular formula is C15H11BN2O3. The molecule has 0 saturated carbocycles. The van der Waals surface area contributed by atoms with Crippen LogP contribution in [0.25, 0.3) is 0 Å². The number of hydrogen-bond acceptors (Lipinski definition) is 5. The van der Waals surface area contributed by atoms with Crippen molar-refractivity contribution in [2.24, 2.45) is 10.7 Å². The number of phenolic OH excluding ortho intramolecular Hbond substituents is 1. The molecule has 0 amide bonds. The van der Waals surface area contributed by atoms with Gasteiger partial charge in [-0.2, -0.15) is 0 Å². The number of amidine groups is 1. The minimum absolute atomic E-state index is 0.111. The summed E-state index contributed by atoms with van der Waals surface area (Å²) in [6.45, 7) is 0.245. The van der Waals surface area contributed by atoms with E-state index in [1.165, 1.54) is 0 Å². The second kappa shape index (κ2) is 3.94. The van der Waals surface area contributed by atoms with E-state index in [-0.39, 0.29) is 18.4 Å². The van der Waals surface area contributed by atoms with Crippen LogP contribution in [0, 0.1) is 0 Å². The smallest absolute Gasteiger partial charge is 0.283 e. The van der Waals surface area contributed by atoms with Gasteiger partial charge in [-0.15, -0.1) is 0 Å². The average molecular weight is 278 g/mol. The Labute approximate surface area is 122 Å². The Hall–Kier alpha value is -2.63. The van der Waals surface area contributed by atoms with Crippen LogP contribution in [0.3, 0.4) is 0 Å². The molecule has 2 aromatic carbocycles. The van der Waals surface area contributed by atoms with Crippen LogP contribution in [0.15, 0.2) is 41.4 Å². The van der Waals surface area contributed by atoms with Crippen LogP contribution in [-0.2, 0) is 10.3 Å². The highest BCUT2D eigenvalue weighted by Crippen LogP contribution is 2.51. The zero-order valence-corrected chi connectivity index (χ0v) is 11.0. The predicted octanol–water partition coefficient (Wildman–Crippen LogP) is 0.880. The first-order valence-corrected chi connectivity index (χ1v) is 6.48. The molecule has 102 valence electrons. The SMILES string of the molecule is [B]c1ccc2c(c1)C1(COC(N)=N1)c1cc(O)ccc1O2. The van der Waals surface area contributed by atoms with Crippen molar-refractivity contribution in [2.45, 2.75) is 5.54 Å². The van der Waals surface area contributed by atoms with Gasteiger partial charge in [0.15, 0.2) is 5.54 Å². The van der Waals surface area contributed by atoms with E-state index >= 15 is 0 Å². The number of fused-ring (bicyclic) bond motifs is 4. The topological polar surface area (TPSA) is 77.1 Å². The van der Waals surface area contributed by atoms with E-state index in [4.69, 9.17) is 23.1 Å². The van der Waals surface area contributed by atoms with Crippen LogP contribution in [0.4, 0.5) is 0 Å². The Bertz CT molecular complexity index is 737. The molecule has 1 unspecified atom stereocenters. The Balaban J connectivity index is 2.05. The summed E-state index contributed by atoms with van der Waals surface area (Å²) in [5.74, 6) is 1.40. The Kier molecular flexibility index (Phi) is 2.28. The maximum atomic E-state index is 9.80. The highest BCUT2D eigenvalue weighted by molar-refractivity contribution is 6.32. The van der Waals surface area contributed by atoms with Gasteiger partial charge >= 0.3 is 0 Å². The summed E-state index contributed by atoms with van der Waals surface area (Å²) in [5.41, 5.74) is 6.98. The number of rotatable bonds is 0. The summed E-state index contributed by atoms with van der Waals surface area (Å²) < 4.78 is 11.3. The van der Waals surface area contributed by atoms with Gasteiger partial charge in [-0.05, 0) is 24.3 Å². The summed E-state index contributed by atoms with van der Waals surface area (Å²) in [6, 6.07) is 10.4. The van der Waals surface area contributed by atoms with Crippen molar-refractivity contribution in [1.29, 1.82) is 0 Å². The largest absolute Gasteiger partial charge is 0.508 e. The second-order valence-electron chi connectivity index (χ2n) is 5.14. The standard InChI is InChI=1S/C15H11BN2O3/c16-8-1-3-12-10(5-8)15(7-20-14(17)18-15)11-6-9(19)2-4-13(11)21-12/h1-6,19H,7H2,(H2,17,18). The molecule has 0 saturated heterocycles. The molecule has 21 heavy (non-hydrogen) atoms. The van der Waals surface area contributed by atoms with Gasteiger partial charge in [0, 0.05) is 11.1 Å². The second-order valence-corrected chi connectivity index (χ2v) is 5.14. The molecule has 1 spiro atoms. The number of benzene rings is 2. The van der Waals surface area contributed by atoms with Gasteiger partial charge in [-0.1, -0.05) is 17.6 Å². The molecule has 3 N–H and O–H groups in total. The minimum Gasteiger partial charge on any atom is -0.508 e. The third kappa shape index (κ3) is 1.62. The van der Waals surface area contributed by atoms with Gasteiger partial charge in [0.25, 0.3) is 6.02 Å². The van der Waals surface area contributed by atoms with Crippen LogP contribution in [-0.4, -0.2) is 25.6 Å². The Morgan fingerprint density at radius 3 is 2.57 bits per heavy atom. The molecule has 6 heteroatoms. The highest BCUT2D eigenvalue weighted by atomic mass is 16.5. The van der Waals surface area contributed by atoms with E-state index in [1.54, 1.807) is 36.4 Å². The van der Waals surface area contributed by atoms with Crippen molar-refractivity contribution < 1.29 is 14.6 Å². The number of aliphatic imine (C=N–C) groups is 1. The average Bonchev–Trinajstić information content (AvgIpc) is 2.84. The molecule has 0 bridgehead atoms. The van der Waals surface area contributed by atoms with Crippen LogP contribution in [0.5, 0.6) is 17.2 Å². The van der Waals surface area contributed by atoms with Gasteiger partial charge in [0.1, 0.15) is 31.7 Å². The van der Waals surface area contributed by atoms with Gasteiger partial charge in [-0.3, -0.25) is 0 Å². The molecule has 0 aliphatic carbocycles. The quantitative estimate of drug-likeness (QED) is 0.701. The lowest BCUT2D eigenvalue weighted by molar-refractivity contribution is 0.264. The third-order valence-corrected chi connectivity index (χ3v) is 3.81. The molecule has 0 fully saturated rings. The number of aromatic hydroxyl groups is 1. The zero-order chi connectivity index (χ0) is 14.6. The molecule has 5 nitrogen and oxygen atoms in total. The third-order valence-electron chi connectivity index (χ3n) is 3.81. The predicted molar refractivity (Wildman–Crippen MR) is 78.4 cm³/mol. The fourth-order valence-corrected chi connectivity index (χ4v) is 2.86. The molecular weight excluding hydrogens is 267 g/mol. The lowest BCUT2D eigenvalue weighted by Crippen LogP contribution is -2.32. The molecule has 1 atom stereocenters. The van der Waals surface area contributed by atoms with E-state index in [0.717, 1.165) is 5.56 Å². The molecule has 0 aromatic heterocycles. The van der Waals surface area contributed by atoms with Gasteiger partial charge in [0.05, 0.1) is 0 Å². The number of ether oxygens (including phenoxy) is 2. The van der Waals surface area contributed by atoms with Crippen molar-refractivity contribution in [1.82, 2.24) is 0 Å². The normalized spacial score (nSPS) is 22.0. The summed E-state index contributed by atoms with van der Waals surface area (Å²) in [6.07, 6.45) is 0. The van der Waals surface area contributed by atoms with Crippen LogP contribution < -0.4 is 15.9 Å². The van der Waals surface area contributed by atoms with Crippen LogP contribution >= 0.6 is 0 Å². The Morgan fingerprint density at radius 1 is 1.14 bits per heavy atom. The first-order chi connectivity index (χ1) is 10.1. The maximum absolute atomic E-state index is 9.80. The molecule has 2 aromatic rings. The highest BCUT2D eigenvalue weighted by Gasteiger charge is 2.47. The monoisotopic (exact) mass is 278 g/mol. The summed E-state index contributed by atoms with van der Waals surface area (Å²) in [4.78, 5) is 4.47. The molecule has 2 aliphatic rings. The molecule has 2 heterocycles. The van der Waals surface area contributed by atoms with Gasteiger partial charge in [-0.25, -0.2) is 4.99 Å². The van der Waals surface area contributed by atoms with E-state index in [0.29, 0.717) is 22.5 Å². The van der Waals surface area contributed by atoms with E-state index in [1.807, 2.05) is 0 Å². The number of phenols is 1. The molecule has 2 aliphatic heterocycles. The van der Waals surface area contributed by atoms with Crippen molar-refractivity contribution in [3.8, 4) is 17.2 Å². The van der Waals surface area contributed by atoms with Crippen molar-refractivity contribution in [2.75, 3.05) is 6.61 Å². The fourth-order valence-electron chi connectivity index (χ4n) is 2.86. The first kappa shape index (κ1) is 12.1.